The van der Waals surface area contributed by atoms with Crippen LogP contribution in [0.5, 0.6) is 0 Å². The molecule has 0 aliphatic heterocycles. The molecule has 4 nitrogen and oxygen atoms in total. The maximum atomic E-state index is 11.1. The number of benzene rings is 1. The summed E-state index contributed by atoms with van der Waals surface area (Å²) in [4.78, 5) is 18.2. The van der Waals surface area contributed by atoms with Crippen LogP contribution in [0.25, 0.3) is 0 Å². The van der Waals surface area contributed by atoms with Crippen molar-refractivity contribution in [3.8, 4) is 6.07 Å². The number of aryl methyl sites for hydroxylation is 1. The first kappa shape index (κ1) is 13.9. The third-order valence-electron chi connectivity index (χ3n) is 2.75. The van der Waals surface area contributed by atoms with Crippen molar-refractivity contribution in [1.29, 1.82) is 5.26 Å². The van der Waals surface area contributed by atoms with Gasteiger partial charge in [-0.1, -0.05) is 19.9 Å². The van der Waals surface area contributed by atoms with Gasteiger partial charge in [-0.15, -0.1) is 0 Å². The summed E-state index contributed by atoms with van der Waals surface area (Å²) in [5.41, 5.74) is 2.81. The van der Waals surface area contributed by atoms with E-state index in [2.05, 4.69) is 0 Å². The SMILES string of the molecule is CCc1ccc(C#N)c(CP(=O)(O)O)c1CC. The lowest BCUT2D eigenvalue weighted by Gasteiger charge is -2.15. The molecule has 0 aromatic heterocycles. The van der Waals surface area contributed by atoms with Gasteiger partial charge in [0.1, 0.15) is 0 Å². The van der Waals surface area contributed by atoms with Gasteiger partial charge >= 0.3 is 7.60 Å². The Balaban J connectivity index is 3.41. The quantitative estimate of drug-likeness (QED) is 0.807. The van der Waals surface area contributed by atoms with Crippen LogP contribution in [0, 0.1) is 11.3 Å². The van der Waals surface area contributed by atoms with Crippen molar-refractivity contribution in [1.82, 2.24) is 0 Å². The molecule has 0 spiro atoms. The van der Waals surface area contributed by atoms with Crippen LogP contribution >= 0.6 is 7.60 Å². The Morgan fingerprint density at radius 2 is 1.88 bits per heavy atom. The summed E-state index contributed by atoms with van der Waals surface area (Å²) >= 11 is 0. The number of rotatable bonds is 4. The smallest absolute Gasteiger partial charge is 0.324 e. The molecule has 92 valence electrons. The molecule has 0 bridgehead atoms. The van der Waals surface area contributed by atoms with Gasteiger partial charge in [0.05, 0.1) is 17.8 Å². The average molecular weight is 253 g/mol. The van der Waals surface area contributed by atoms with Gasteiger partial charge in [0.2, 0.25) is 0 Å². The van der Waals surface area contributed by atoms with E-state index in [1.54, 1.807) is 6.07 Å². The first-order chi connectivity index (χ1) is 7.92. The molecular weight excluding hydrogens is 237 g/mol. The molecule has 0 amide bonds. The Hall–Kier alpha value is -1.14. The average Bonchev–Trinajstić information content (AvgIpc) is 2.26. The van der Waals surface area contributed by atoms with Crippen LogP contribution in [0.15, 0.2) is 12.1 Å². The highest BCUT2D eigenvalue weighted by molar-refractivity contribution is 7.50. The van der Waals surface area contributed by atoms with Crippen molar-refractivity contribution in [2.75, 3.05) is 0 Å². The zero-order valence-corrected chi connectivity index (χ0v) is 10.9. The van der Waals surface area contributed by atoms with E-state index in [0.29, 0.717) is 17.5 Å². The molecule has 0 heterocycles. The van der Waals surface area contributed by atoms with Crippen LogP contribution in [0.2, 0.25) is 0 Å². The fourth-order valence-corrected chi connectivity index (χ4v) is 2.78. The van der Waals surface area contributed by atoms with Crippen LogP contribution in [-0.4, -0.2) is 9.79 Å². The number of nitrogens with zero attached hydrogens (tertiary/aromatic N) is 1. The van der Waals surface area contributed by atoms with Gasteiger partial charge in [0, 0.05) is 0 Å². The summed E-state index contributed by atoms with van der Waals surface area (Å²) < 4.78 is 11.1. The molecule has 0 radical (unpaired) electrons. The van der Waals surface area contributed by atoms with Crippen molar-refractivity contribution in [2.45, 2.75) is 32.9 Å². The molecule has 1 aromatic rings. The van der Waals surface area contributed by atoms with E-state index in [4.69, 9.17) is 15.0 Å². The maximum absolute atomic E-state index is 11.1. The molecular formula is C12H16NO3P. The molecule has 0 aliphatic carbocycles. The predicted molar refractivity (Wildman–Crippen MR) is 65.7 cm³/mol. The minimum absolute atomic E-state index is 0.354. The minimum Gasteiger partial charge on any atom is -0.324 e. The number of nitriles is 1. The molecule has 5 heteroatoms. The zero-order chi connectivity index (χ0) is 13.1. The summed E-state index contributed by atoms with van der Waals surface area (Å²) in [7, 11) is -4.15. The summed E-state index contributed by atoms with van der Waals surface area (Å²) in [6.45, 7) is 3.92. The number of hydrogen-bond donors (Lipinski definition) is 2. The van der Waals surface area contributed by atoms with Crippen molar-refractivity contribution in [3.63, 3.8) is 0 Å². The maximum Gasteiger partial charge on any atom is 0.329 e. The molecule has 0 atom stereocenters. The van der Waals surface area contributed by atoms with Gasteiger partial charge in [-0.3, -0.25) is 4.57 Å². The van der Waals surface area contributed by atoms with Crippen molar-refractivity contribution in [3.05, 3.63) is 34.4 Å². The molecule has 0 aliphatic rings. The zero-order valence-electron chi connectivity index (χ0n) is 9.97. The van der Waals surface area contributed by atoms with E-state index in [9.17, 15) is 4.57 Å². The van der Waals surface area contributed by atoms with E-state index in [1.807, 2.05) is 26.0 Å². The lowest BCUT2D eigenvalue weighted by Crippen LogP contribution is -2.02. The second-order valence-electron chi connectivity index (χ2n) is 3.87. The van der Waals surface area contributed by atoms with Gasteiger partial charge in [-0.05, 0) is 35.6 Å². The second kappa shape index (κ2) is 5.46. The normalized spacial score (nSPS) is 11.2. The van der Waals surface area contributed by atoms with Crippen molar-refractivity contribution >= 4 is 7.60 Å². The topological polar surface area (TPSA) is 81.3 Å². The Bertz CT molecular complexity index is 499. The minimum atomic E-state index is -4.15. The van der Waals surface area contributed by atoms with E-state index in [1.165, 1.54) is 0 Å². The monoisotopic (exact) mass is 253 g/mol. The fraction of sp³-hybridized carbons (Fsp3) is 0.417. The van der Waals surface area contributed by atoms with E-state index < -0.39 is 7.60 Å². The Kier molecular flexibility index (Phi) is 4.47. The van der Waals surface area contributed by atoms with Crippen molar-refractivity contribution in [2.24, 2.45) is 0 Å². The molecule has 0 fully saturated rings. The molecule has 0 unspecified atom stereocenters. The molecule has 2 N–H and O–H groups in total. The molecule has 0 saturated heterocycles. The highest BCUT2D eigenvalue weighted by Crippen LogP contribution is 2.41. The highest BCUT2D eigenvalue weighted by atomic mass is 31.2. The Morgan fingerprint density at radius 1 is 1.24 bits per heavy atom. The van der Waals surface area contributed by atoms with E-state index in [0.717, 1.165) is 17.5 Å². The molecule has 1 rings (SSSR count). The molecule has 17 heavy (non-hydrogen) atoms. The Morgan fingerprint density at radius 3 is 2.29 bits per heavy atom. The summed E-state index contributed by atoms with van der Waals surface area (Å²) in [5.74, 6) is 0. The number of hydrogen-bond acceptors (Lipinski definition) is 2. The standard InChI is InChI=1S/C12H16NO3P/c1-3-9-5-6-10(7-13)12(11(9)4-2)8-17(14,15)16/h5-6H,3-4,8H2,1-2H3,(H2,14,15,16). The molecule has 0 saturated carbocycles. The van der Waals surface area contributed by atoms with E-state index >= 15 is 0 Å². The molecule has 1 aromatic carbocycles. The van der Waals surface area contributed by atoms with Crippen LogP contribution < -0.4 is 0 Å². The van der Waals surface area contributed by atoms with Crippen LogP contribution in [0.4, 0.5) is 0 Å². The third kappa shape index (κ3) is 3.41. The second-order valence-corrected chi connectivity index (χ2v) is 5.52. The predicted octanol–water partition coefficient (Wildman–Crippen LogP) is 2.36. The van der Waals surface area contributed by atoms with Crippen LogP contribution in [-0.2, 0) is 23.6 Å². The van der Waals surface area contributed by atoms with Gasteiger partial charge in [-0.2, -0.15) is 5.26 Å². The highest BCUT2D eigenvalue weighted by Gasteiger charge is 2.20. The largest absolute Gasteiger partial charge is 0.329 e. The third-order valence-corrected chi connectivity index (χ3v) is 3.48. The van der Waals surface area contributed by atoms with Gasteiger partial charge in [0.15, 0.2) is 0 Å². The van der Waals surface area contributed by atoms with E-state index in [-0.39, 0.29) is 6.16 Å². The summed E-state index contributed by atoms with van der Waals surface area (Å²) in [6.07, 6.45) is 1.12. The van der Waals surface area contributed by atoms with Crippen molar-refractivity contribution < 1.29 is 14.4 Å². The van der Waals surface area contributed by atoms with Crippen LogP contribution in [0.3, 0.4) is 0 Å². The lowest BCUT2D eigenvalue weighted by atomic mass is 9.94. The summed E-state index contributed by atoms with van der Waals surface area (Å²) in [6, 6.07) is 5.50. The Labute approximate surface area is 101 Å². The van der Waals surface area contributed by atoms with Crippen LogP contribution in [0.1, 0.15) is 36.1 Å². The lowest BCUT2D eigenvalue weighted by molar-refractivity contribution is 0.371. The summed E-state index contributed by atoms with van der Waals surface area (Å²) in [5, 5.41) is 9.00. The van der Waals surface area contributed by atoms with Gasteiger partial charge in [-0.25, -0.2) is 0 Å². The first-order valence-electron chi connectivity index (χ1n) is 5.51. The van der Waals surface area contributed by atoms with Gasteiger partial charge in [0.25, 0.3) is 0 Å². The fourth-order valence-electron chi connectivity index (χ4n) is 2.00. The van der Waals surface area contributed by atoms with Gasteiger partial charge < -0.3 is 9.79 Å². The first-order valence-corrected chi connectivity index (χ1v) is 7.31.